The van der Waals surface area contributed by atoms with Crippen LogP contribution >= 0.6 is 11.3 Å². The average molecular weight is 421 g/mol. The molecule has 0 atom stereocenters. The molecular formula is C24H24N2O3S. The van der Waals surface area contributed by atoms with Crippen LogP contribution in [0.3, 0.4) is 0 Å². The van der Waals surface area contributed by atoms with E-state index in [1.165, 1.54) is 11.3 Å². The molecule has 154 valence electrons. The predicted molar refractivity (Wildman–Crippen MR) is 120 cm³/mol. The minimum Gasteiger partial charge on any atom is -0.488 e. The first-order valence-electron chi connectivity index (χ1n) is 10.1. The van der Waals surface area contributed by atoms with E-state index in [-0.39, 0.29) is 18.4 Å². The van der Waals surface area contributed by atoms with Crippen LogP contribution in [0.4, 0.5) is 5.69 Å². The number of hydrogen-bond donors (Lipinski definition) is 1. The Kier molecular flexibility index (Phi) is 5.86. The van der Waals surface area contributed by atoms with E-state index < -0.39 is 0 Å². The number of anilines is 1. The van der Waals surface area contributed by atoms with Gasteiger partial charge in [0.05, 0.1) is 4.88 Å². The molecule has 2 aromatic carbocycles. The zero-order valence-corrected chi connectivity index (χ0v) is 17.9. The molecule has 0 unspecified atom stereocenters. The van der Waals surface area contributed by atoms with Crippen molar-refractivity contribution in [2.24, 2.45) is 0 Å². The van der Waals surface area contributed by atoms with Crippen molar-refractivity contribution in [1.82, 2.24) is 4.90 Å². The standard InChI is InChI=1S/C24H24N2O3S/c1-3-12-26(14-22(27)25-19-10-6-4-8-16(19)2)24(28)21-13-17-15-29-20-11-7-5-9-18(20)23(17)30-21/h4-11,13H,3,12,14-15H2,1-2H3,(H,25,27). The lowest BCUT2D eigenvalue weighted by atomic mass is 10.1. The van der Waals surface area contributed by atoms with Gasteiger partial charge in [0.1, 0.15) is 18.9 Å². The summed E-state index contributed by atoms with van der Waals surface area (Å²) in [5.74, 6) is 0.531. The molecular weight excluding hydrogens is 396 g/mol. The molecule has 0 radical (unpaired) electrons. The second-order valence-corrected chi connectivity index (χ2v) is 8.39. The third kappa shape index (κ3) is 4.09. The van der Waals surface area contributed by atoms with Crippen LogP contribution in [0, 0.1) is 6.92 Å². The van der Waals surface area contributed by atoms with Crippen LogP contribution in [0.1, 0.15) is 34.1 Å². The molecule has 0 bridgehead atoms. The molecule has 6 heteroatoms. The van der Waals surface area contributed by atoms with Gasteiger partial charge in [-0.15, -0.1) is 11.3 Å². The van der Waals surface area contributed by atoms with Crippen LogP contribution in [-0.2, 0) is 11.4 Å². The van der Waals surface area contributed by atoms with Gasteiger partial charge in [-0.2, -0.15) is 0 Å². The van der Waals surface area contributed by atoms with Crippen LogP contribution in [0.25, 0.3) is 10.4 Å². The molecule has 1 aliphatic heterocycles. The molecule has 4 rings (SSSR count). The number of ether oxygens (including phenoxy) is 1. The van der Waals surface area contributed by atoms with Crippen LogP contribution in [0.15, 0.2) is 54.6 Å². The summed E-state index contributed by atoms with van der Waals surface area (Å²) >= 11 is 1.47. The summed E-state index contributed by atoms with van der Waals surface area (Å²) in [4.78, 5) is 29.2. The van der Waals surface area contributed by atoms with E-state index in [2.05, 4.69) is 5.32 Å². The van der Waals surface area contributed by atoms with Gasteiger partial charge in [0.2, 0.25) is 5.91 Å². The number of nitrogens with one attached hydrogen (secondary N) is 1. The molecule has 1 aliphatic rings. The van der Waals surface area contributed by atoms with Crippen LogP contribution < -0.4 is 10.1 Å². The number of nitrogens with zero attached hydrogens (tertiary/aromatic N) is 1. The molecule has 2 amide bonds. The monoisotopic (exact) mass is 420 g/mol. The highest BCUT2D eigenvalue weighted by atomic mass is 32.1. The predicted octanol–water partition coefficient (Wildman–Crippen LogP) is 5.11. The van der Waals surface area contributed by atoms with Gasteiger partial charge in [-0.05, 0) is 43.2 Å². The Morgan fingerprint density at radius 1 is 1.13 bits per heavy atom. The van der Waals surface area contributed by atoms with Gasteiger partial charge in [-0.25, -0.2) is 0 Å². The van der Waals surface area contributed by atoms with Gasteiger partial charge >= 0.3 is 0 Å². The number of carbonyl (C=O) groups excluding carboxylic acids is 2. The molecule has 30 heavy (non-hydrogen) atoms. The normalized spacial score (nSPS) is 11.8. The highest BCUT2D eigenvalue weighted by Gasteiger charge is 2.25. The minimum atomic E-state index is -0.193. The Hall–Kier alpha value is -3.12. The molecule has 0 fully saturated rings. The first-order chi connectivity index (χ1) is 14.6. The van der Waals surface area contributed by atoms with Crippen molar-refractivity contribution in [3.63, 3.8) is 0 Å². The summed E-state index contributed by atoms with van der Waals surface area (Å²) < 4.78 is 5.81. The lowest BCUT2D eigenvalue weighted by molar-refractivity contribution is -0.116. The minimum absolute atomic E-state index is 0.0245. The SMILES string of the molecule is CCCN(CC(=O)Nc1ccccc1C)C(=O)c1cc2c(s1)-c1ccccc1OC2. The van der Waals surface area contributed by atoms with Crippen molar-refractivity contribution >= 4 is 28.8 Å². The molecule has 1 aromatic heterocycles. The van der Waals surface area contributed by atoms with Crippen LogP contribution in [0.5, 0.6) is 5.75 Å². The number of amides is 2. The van der Waals surface area contributed by atoms with E-state index in [1.807, 2.05) is 68.4 Å². The van der Waals surface area contributed by atoms with E-state index in [4.69, 9.17) is 4.74 Å². The Morgan fingerprint density at radius 3 is 2.70 bits per heavy atom. The largest absolute Gasteiger partial charge is 0.488 e. The molecule has 0 saturated heterocycles. The van der Waals surface area contributed by atoms with Crippen molar-refractivity contribution in [2.45, 2.75) is 26.9 Å². The third-order valence-electron chi connectivity index (χ3n) is 5.07. The third-order valence-corrected chi connectivity index (χ3v) is 6.27. The number of aryl methyl sites for hydroxylation is 1. The second kappa shape index (κ2) is 8.71. The number of carbonyl (C=O) groups is 2. The fraction of sp³-hybridized carbons (Fsp3) is 0.250. The highest BCUT2D eigenvalue weighted by Crippen LogP contribution is 2.42. The number of benzene rings is 2. The van der Waals surface area contributed by atoms with Crippen LogP contribution in [0.2, 0.25) is 0 Å². The Bertz CT molecular complexity index is 1090. The van der Waals surface area contributed by atoms with Gasteiger partial charge in [-0.1, -0.05) is 37.3 Å². The van der Waals surface area contributed by atoms with E-state index in [0.717, 1.165) is 39.4 Å². The molecule has 1 N–H and O–H groups in total. The highest BCUT2D eigenvalue weighted by molar-refractivity contribution is 7.17. The zero-order valence-electron chi connectivity index (χ0n) is 17.1. The van der Waals surface area contributed by atoms with Crippen molar-refractivity contribution in [3.8, 4) is 16.2 Å². The molecule has 2 heterocycles. The number of para-hydroxylation sites is 2. The van der Waals surface area contributed by atoms with Crippen molar-refractivity contribution in [1.29, 1.82) is 0 Å². The van der Waals surface area contributed by atoms with Gasteiger partial charge < -0.3 is 15.0 Å². The van der Waals surface area contributed by atoms with Gasteiger partial charge in [0, 0.05) is 28.2 Å². The molecule has 0 spiro atoms. The zero-order chi connectivity index (χ0) is 21.1. The van der Waals surface area contributed by atoms with Gasteiger partial charge in [0.25, 0.3) is 5.91 Å². The second-order valence-electron chi connectivity index (χ2n) is 7.34. The lowest BCUT2D eigenvalue weighted by Gasteiger charge is -2.21. The number of hydrogen-bond acceptors (Lipinski definition) is 4. The lowest BCUT2D eigenvalue weighted by Crippen LogP contribution is -2.38. The average Bonchev–Trinajstić information content (AvgIpc) is 3.19. The maximum atomic E-state index is 13.2. The first-order valence-corrected chi connectivity index (χ1v) is 10.9. The molecule has 0 aliphatic carbocycles. The van der Waals surface area contributed by atoms with Crippen molar-refractivity contribution in [3.05, 3.63) is 70.6 Å². The smallest absolute Gasteiger partial charge is 0.264 e. The topological polar surface area (TPSA) is 58.6 Å². The van der Waals surface area contributed by atoms with E-state index in [0.29, 0.717) is 18.0 Å². The Morgan fingerprint density at radius 2 is 1.90 bits per heavy atom. The van der Waals surface area contributed by atoms with Gasteiger partial charge in [0.15, 0.2) is 0 Å². The quantitative estimate of drug-likeness (QED) is 0.603. The summed E-state index contributed by atoms with van der Waals surface area (Å²) in [6.07, 6.45) is 0.778. The first kappa shape index (κ1) is 20.2. The number of fused-ring (bicyclic) bond motifs is 3. The van der Waals surface area contributed by atoms with E-state index >= 15 is 0 Å². The van der Waals surface area contributed by atoms with E-state index in [1.54, 1.807) is 4.90 Å². The van der Waals surface area contributed by atoms with E-state index in [9.17, 15) is 9.59 Å². The Balaban J connectivity index is 1.53. The summed E-state index contributed by atoms with van der Waals surface area (Å²) in [6.45, 7) is 4.95. The summed E-state index contributed by atoms with van der Waals surface area (Å²) in [6, 6.07) is 17.4. The fourth-order valence-corrected chi connectivity index (χ4v) is 4.72. The fourth-order valence-electron chi connectivity index (χ4n) is 3.56. The maximum absolute atomic E-state index is 13.2. The van der Waals surface area contributed by atoms with Crippen LogP contribution in [-0.4, -0.2) is 29.8 Å². The maximum Gasteiger partial charge on any atom is 0.264 e. The van der Waals surface area contributed by atoms with Crippen molar-refractivity contribution < 1.29 is 14.3 Å². The summed E-state index contributed by atoms with van der Waals surface area (Å²) in [7, 11) is 0. The van der Waals surface area contributed by atoms with Crippen molar-refractivity contribution in [2.75, 3.05) is 18.4 Å². The Labute approximate surface area is 180 Å². The summed E-state index contributed by atoms with van der Waals surface area (Å²) in [5, 5.41) is 2.92. The molecule has 5 nitrogen and oxygen atoms in total. The molecule has 0 saturated carbocycles. The number of thiophene rings is 1. The number of rotatable bonds is 6. The summed E-state index contributed by atoms with van der Waals surface area (Å²) in [5.41, 5.74) is 3.79. The molecule has 3 aromatic rings. The van der Waals surface area contributed by atoms with Gasteiger partial charge in [-0.3, -0.25) is 9.59 Å².